The highest BCUT2D eigenvalue weighted by atomic mass is 32.2. The first-order valence-electron chi connectivity index (χ1n) is 10.4. The number of nitrogens with one attached hydrogen (secondary N) is 2. The molecule has 3 saturated heterocycles. The molecule has 0 bridgehead atoms. The lowest BCUT2D eigenvalue weighted by Crippen LogP contribution is -2.61. The molecule has 1 saturated carbocycles. The third-order valence-electron chi connectivity index (χ3n) is 7.00. The molecule has 1 aliphatic carbocycles. The fourth-order valence-electron chi connectivity index (χ4n) is 5.50. The highest BCUT2D eigenvalue weighted by Gasteiger charge is 2.45. The van der Waals surface area contributed by atoms with Gasteiger partial charge in [-0.3, -0.25) is 5.32 Å². The van der Waals surface area contributed by atoms with Gasteiger partial charge in [-0.25, -0.2) is 8.42 Å². The quantitative estimate of drug-likeness (QED) is 0.735. The van der Waals surface area contributed by atoms with Crippen LogP contribution in [-0.2, 0) is 14.6 Å². The van der Waals surface area contributed by atoms with Crippen LogP contribution in [0.15, 0.2) is 0 Å². The zero-order valence-electron chi connectivity index (χ0n) is 15.9. The van der Waals surface area contributed by atoms with Crippen molar-refractivity contribution in [1.82, 2.24) is 10.6 Å². The van der Waals surface area contributed by atoms with Gasteiger partial charge >= 0.3 is 0 Å². The highest BCUT2D eigenvalue weighted by molar-refractivity contribution is 8.00. The average Bonchev–Trinajstić information content (AvgIpc) is 3.30. The van der Waals surface area contributed by atoms with Crippen LogP contribution in [0.3, 0.4) is 0 Å². The Kier molecular flexibility index (Phi) is 6.20. The van der Waals surface area contributed by atoms with Crippen LogP contribution in [-0.4, -0.2) is 62.4 Å². The van der Waals surface area contributed by atoms with E-state index >= 15 is 0 Å². The Bertz CT molecular complexity index is 571. The van der Waals surface area contributed by atoms with E-state index in [2.05, 4.69) is 22.4 Å². The predicted molar refractivity (Wildman–Crippen MR) is 107 cm³/mol. The van der Waals surface area contributed by atoms with Crippen LogP contribution in [0.2, 0.25) is 0 Å². The third-order valence-corrected chi connectivity index (χ3v) is 10.1. The number of thioether (sulfide) groups is 1. The van der Waals surface area contributed by atoms with Crippen molar-refractivity contribution in [3.05, 3.63) is 0 Å². The summed E-state index contributed by atoms with van der Waals surface area (Å²) in [5, 5.41) is 8.32. The van der Waals surface area contributed by atoms with Crippen molar-refractivity contribution < 1.29 is 13.2 Å². The zero-order chi connectivity index (χ0) is 18.1. The van der Waals surface area contributed by atoms with Gasteiger partial charge in [0, 0.05) is 30.7 Å². The highest BCUT2D eigenvalue weighted by Crippen LogP contribution is 2.39. The predicted octanol–water partition coefficient (Wildman–Crippen LogP) is 2.17. The van der Waals surface area contributed by atoms with Gasteiger partial charge in [0.2, 0.25) is 0 Å². The summed E-state index contributed by atoms with van der Waals surface area (Å²) in [5.74, 6) is 2.52. The molecule has 4 fully saturated rings. The van der Waals surface area contributed by atoms with Gasteiger partial charge in [0.25, 0.3) is 0 Å². The second kappa shape index (κ2) is 8.27. The van der Waals surface area contributed by atoms with E-state index in [9.17, 15) is 8.42 Å². The first-order chi connectivity index (χ1) is 12.5. The lowest BCUT2D eigenvalue weighted by Gasteiger charge is -2.45. The van der Waals surface area contributed by atoms with E-state index in [1.165, 1.54) is 31.3 Å². The van der Waals surface area contributed by atoms with Gasteiger partial charge in [0.15, 0.2) is 0 Å². The fraction of sp³-hybridized carbons (Fsp3) is 1.00. The van der Waals surface area contributed by atoms with E-state index < -0.39 is 9.84 Å². The van der Waals surface area contributed by atoms with Gasteiger partial charge in [0.05, 0.1) is 17.5 Å². The van der Waals surface area contributed by atoms with Gasteiger partial charge in [-0.2, -0.15) is 11.8 Å². The standard InChI is InChI=1S/C19H34N2O3S2/c1-26(22,23)16-6-4-13(5-7-16)18-19-14(8-9-24-19)11-17(21-18)20-12-15-3-2-10-25-15/h13-21H,2-12H2,1H3. The Morgan fingerprint density at radius 1 is 1.12 bits per heavy atom. The topological polar surface area (TPSA) is 67.4 Å². The molecular formula is C19H34N2O3S2. The van der Waals surface area contributed by atoms with Crippen LogP contribution in [0, 0.1) is 11.8 Å². The summed E-state index contributed by atoms with van der Waals surface area (Å²) in [6.45, 7) is 1.99. The van der Waals surface area contributed by atoms with E-state index in [-0.39, 0.29) is 5.25 Å². The molecule has 2 N–H and O–H groups in total. The maximum atomic E-state index is 11.9. The molecule has 5 nitrogen and oxygen atoms in total. The molecule has 4 aliphatic rings. The van der Waals surface area contributed by atoms with Gasteiger partial charge < -0.3 is 10.1 Å². The normalized spacial score (nSPS) is 44.1. The average molecular weight is 403 g/mol. The zero-order valence-corrected chi connectivity index (χ0v) is 17.5. The first-order valence-corrected chi connectivity index (χ1v) is 13.4. The largest absolute Gasteiger partial charge is 0.376 e. The molecule has 150 valence electrons. The first kappa shape index (κ1) is 19.5. The van der Waals surface area contributed by atoms with Crippen LogP contribution in [0.4, 0.5) is 0 Å². The Labute approximate surface area is 162 Å². The van der Waals surface area contributed by atoms with Crippen LogP contribution in [0.25, 0.3) is 0 Å². The minimum Gasteiger partial charge on any atom is -0.376 e. The van der Waals surface area contributed by atoms with E-state index in [4.69, 9.17) is 4.74 Å². The van der Waals surface area contributed by atoms with Gasteiger partial charge in [-0.15, -0.1) is 0 Å². The van der Waals surface area contributed by atoms with E-state index in [1.54, 1.807) is 0 Å². The number of sulfone groups is 1. The SMILES string of the molecule is CS(=O)(=O)C1CCC(C2NC(NCC3CCCS3)CC3CCOC32)CC1. The maximum absolute atomic E-state index is 11.9. The molecule has 0 aromatic rings. The Hall–Kier alpha value is 0.180. The number of fused-ring (bicyclic) bond motifs is 1. The lowest BCUT2D eigenvalue weighted by atomic mass is 9.75. The van der Waals surface area contributed by atoms with Crippen molar-refractivity contribution in [1.29, 1.82) is 0 Å². The summed E-state index contributed by atoms with van der Waals surface area (Å²) in [6, 6.07) is 0.380. The number of piperidine rings is 1. The van der Waals surface area contributed by atoms with Gasteiger partial charge in [0.1, 0.15) is 9.84 Å². The van der Waals surface area contributed by atoms with Gasteiger partial charge in [-0.1, -0.05) is 0 Å². The molecule has 0 aromatic heterocycles. The third kappa shape index (κ3) is 4.43. The minimum atomic E-state index is -2.89. The van der Waals surface area contributed by atoms with Crippen molar-refractivity contribution in [2.24, 2.45) is 11.8 Å². The molecule has 0 spiro atoms. The van der Waals surface area contributed by atoms with Gasteiger partial charge in [-0.05, 0) is 69.0 Å². The van der Waals surface area contributed by atoms with E-state index in [1.807, 2.05) is 0 Å². The smallest absolute Gasteiger partial charge is 0.150 e. The summed E-state index contributed by atoms with van der Waals surface area (Å²) < 4.78 is 29.9. The van der Waals surface area contributed by atoms with Crippen molar-refractivity contribution in [3.63, 3.8) is 0 Å². The van der Waals surface area contributed by atoms with Crippen molar-refractivity contribution in [3.8, 4) is 0 Å². The van der Waals surface area contributed by atoms with Crippen LogP contribution < -0.4 is 10.6 Å². The number of rotatable bonds is 5. The van der Waals surface area contributed by atoms with Crippen molar-refractivity contribution in [2.75, 3.05) is 25.2 Å². The maximum Gasteiger partial charge on any atom is 0.150 e. The molecule has 4 rings (SSSR count). The lowest BCUT2D eigenvalue weighted by molar-refractivity contribution is -0.00252. The Morgan fingerprint density at radius 2 is 1.92 bits per heavy atom. The van der Waals surface area contributed by atoms with Crippen molar-refractivity contribution in [2.45, 2.75) is 80.2 Å². The molecule has 0 aromatic carbocycles. The Balaban J connectivity index is 1.36. The molecule has 3 aliphatic heterocycles. The summed E-state index contributed by atoms with van der Waals surface area (Å²) in [6.07, 6.45) is 10.8. The second-order valence-electron chi connectivity index (χ2n) is 8.77. The molecular weight excluding hydrogens is 368 g/mol. The number of hydrogen-bond donors (Lipinski definition) is 2. The molecule has 26 heavy (non-hydrogen) atoms. The molecule has 5 atom stereocenters. The molecule has 0 amide bonds. The summed E-state index contributed by atoms with van der Waals surface area (Å²) in [5.41, 5.74) is 0. The fourth-order valence-corrected chi connectivity index (χ4v) is 7.85. The molecule has 3 heterocycles. The monoisotopic (exact) mass is 402 g/mol. The van der Waals surface area contributed by atoms with Crippen LogP contribution >= 0.6 is 11.8 Å². The summed E-state index contributed by atoms with van der Waals surface area (Å²) in [7, 11) is -2.89. The molecule has 0 radical (unpaired) electrons. The number of hydrogen-bond acceptors (Lipinski definition) is 6. The second-order valence-corrected chi connectivity index (χ2v) is 12.5. The van der Waals surface area contributed by atoms with Crippen LogP contribution in [0.5, 0.6) is 0 Å². The van der Waals surface area contributed by atoms with E-state index in [0.717, 1.165) is 50.5 Å². The van der Waals surface area contributed by atoms with Crippen LogP contribution in [0.1, 0.15) is 51.4 Å². The Morgan fingerprint density at radius 3 is 2.62 bits per heavy atom. The number of ether oxygens (including phenoxy) is 1. The summed E-state index contributed by atoms with van der Waals surface area (Å²) in [4.78, 5) is 0. The van der Waals surface area contributed by atoms with Crippen molar-refractivity contribution >= 4 is 21.6 Å². The van der Waals surface area contributed by atoms with E-state index in [0.29, 0.717) is 30.1 Å². The minimum absolute atomic E-state index is 0.129. The summed E-state index contributed by atoms with van der Waals surface area (Å²) >= 11 is 2.11. The molecule has 7 heteroatoms. The molecule has 5 unspecified atom stereocenters.